The number of ketones is 1. The van der Waals surface area contributed by atoms with Crippen molar-refractivity contribution in [2.45, 2.75) is 19.8 Å². The molecule has 0 unspecified atom stereocenters. The van der Waals surface area contributed by atoms with Crippen molar-refractivity contribution >= 4 is 5.78 Å². The predicted octanol–water partition coefficient (Wildman–Crippen LogP) is 4.26. The van der Waals surface area contributed by atoms with Crippen LogP contribution in [-0.2, 0) is 11.2 Å². The summed E-state index contributed by atoms with van der Waals surface area (Å²) in [7, 11) is 1.70. The third-order valence-electron chi connectivity index (χ3n) is 3.23. The quantitative estimate of drug-likeness (QED) is 0.713. The lowest BCUT2D eigenvalue weighted by atomic mass is 10.1. The van der Waals surface area contributed by atoms with Crippen LogP contribution in [0.5, 0.6) is 11.5 Å². The average molecular weight is 284 g/mol. The monoisotopic (exact) mass is 284 g/mol. The van der Waals surface area contributed by atoms with Gasteiger partial charge in [-0.3, -0.25) is 4.79 Å². The van der Waals surface area contributed by atoms with E-state index in [0.717, 1.165) is 12.2 Å². The highest BCUT2D eigenvalue weighted by atomic mass is 16.5. The molecule has 3 nitrogen and oxygen atoms in total. The molecular weight excluding hydrogens is 264 g/mol. The highest BCUT2D eigenvalue weighted by molar-refractivity contribution is 5.96. The average Bonchev–Trinajstić information content (AvgIpc) is 2.53. The molecule has 0 spiro atoms. The Balaban J connectivity index is 2.06. The molecule has 0 heterocycles. The van der Waals surface area contributed by atoms with Crippen molar-refractivity contribution in [3.63, 3.8) is 0 Å². The molecule has 21 heavy (non-hydrogen) atoms. The fourth-order valence-corrected chi connectivity index (χ4v) is 2.02. The van der Waals surface area contributed by atoms with Crippen LogP contribution in [0.1, 0.15) is 29.3 Å². The highest BCUT2D eigenvalue weighted by Gasteiger charge is 2.05. The molecule has 0 aromatic heterocycles. The van der Waals surface area contributed by atoms with Crippen LogP contribution < -0.4 is 4.74 Å². The molecule has 0 saturated heterocycles. The second-order valence-electron chi connectivity index (χ2n) is 4.79. The molecule has 2 rings (SSSR count). The van der Waals surface area contributed by atoms with Gasteiger partial charge >= 0.3 is 0 Å². The summed E-state index contributed by atoms with van der Waals surface area (Å²) in [6.45, 7) is 2.57. The minimum absolute atomic E-state index is 0.121. The van der Waals surface area contributed by atoms with Gasteiger partial charge in [-0.05, 0) is 36.2 Å². The van der Waals surface area contributed by atoms with Crippen molar-refractivity contribution in [1.29, 1.82) is 0 Å². The Labute approximate surface area is 125 Å². The predicted molar refractivity (Wildman–Crippen MR) is 83.2 cm³/mol. The minimum Gasteiger partial charge on any atom is -0.457 e. The number of carbonyl (C=O) groups excluding carboxylic acids is 1. The largest absolute Gasteiger partial charge is 0.457 e. The Morgan fingerprint density at radius 1 is 1.05 bits per heavy atom. The zero-order chi connectivity index (χ0) is 15.1. The molecule has 0 radical (unpaired) electrons. The number of hydrogen-bond acceptors (Lipinski definition) is 3. The number of Topliss-reactive ketones (excluding diaryl/α,β-unsaturated/α-hetero) is 1. The van der Waals surface area contributed by atoms with E-state index < -0.39 is 0 Å². The van der Waals surface area contributed by atoms with E-state index in [1.54, 1.807) is 13.2 Å². The molecule has 0 bridgehead atoms. The molecular formula is C18H20O3. The Bertz CT molecular complexity index is 588. The second-order valence-corrected chi connectivity index (χ2v) is 4.79. The smallest absolute Gasteiger partial charge is 0.162 e. The second kappa shape index (κ2) is 7.60. The van der Waals surface area contributed by atoms with E-state index in [0.29, 0.717) is 24.3 Å². The van der Waals surface area contributed by atoms with E-state index >= 15 is 0 Å². The molecule has 2 aromatic carbocycles. The van der Waals surface area contributed by atoms with Crippen LogP contribution in [0.25, 0.3) is 0 Å². The van der Waals surface area contributed by atoms with Crippen molar-refractivity contribution in [2.24, 2.45) is 0 Å². The van der Waals surface area contributed by atoms with E-state index in [9.17, 15) is 4.79 Å². The molecule has 3 heteroatoms. The number of carbonyl (C=O) groups is 1. The molecule has 0 aliphatic heterocycles. The minimum atomic E-state index is 0.121. The molecule has 0 atom stereocenters. The number of benzene rings is 2. The fourth-order valence-electron chi connectivity index (χ4n) is 2.02. The maximum atomic E-state index is 11.7. The molecule has 0 aliphatic rings. The van der Waals surface area contributed by atoms with Gasteiger partial charge in [0.1, 0.15) is 11.5 Å². The van der Waals surface area contributed by atoms with Crippen LogP contribution >= 0.6 is 0 Å². The molecule has 110 valence electrons. The summed E-state index contributed by atoms with van der Waals surface area (Å²) in [5.74, 6) is 1.56. The van der Waals surface area contributed by atoms with Crippen LogP contribution in [-0.4, -0.2) is 19.5 Å². The summed E-state index contributed by atoms with van der Waals surface area (Å²) in [5.41, 5.74) is 1.89. The van der Waals surface area contributed by atoms with Gasteiger partial charge in [-0.1, -0.05) is 31.2 Å². The third-order valence-corrected chi connectivity index (χ3v) is 3.23. The van der Waals surface area contributed by atoms with E-state index in [1.165, 1.54) is 5.56 Å². The van der Waals surface area contributed by atoms with Crippen molar-refractivity contribution in [3.8, 4) is 11.5 Å². The lowest BCUT2D eigenvalue weighted by molar-refractivity contribution is 0.0988. The molecule has 0 amide bonds. The SMILES string of the molecule is CCC(=O)c1cccc(Oc2ccc(CCOC)cc2)c1. The van der Waals surface area contributed by atoms with Crippen LogP contribution in [0.4, 0.5) is 0 Å². The Morgan fingerprint density at radius 3 is 2.48 bits per heavy atom. The van der Waals surface area contributed by atoms with Gasteiger partial charge in [-0.15, -0.1) is 0 Å². The van der Waals surface area contributed by atoms with Crippen LogP contribution in [0.2, 0.25) is 0 Å². The van der Waals surface area contributed by atoms with Crippen LogP contribution in [0.15, 0.2) is 48.5 Å². The fraction of sp³-hybridized carbons (Fsp3) is 0.278. The summed E-state index contributed by atoms with van der Waals surface area (Å²) < 4.78 is 10.8. The van der Waals surface area contributed by atoms with Gasteiger partial charge in [-0.25, -0.2) is 0 Å². The lowest BCUT2D eigenvalue weighted by Gasteiger charge is -2.08. The molecule has 0 fully saturated rings. The van der Waals surface area contributed by atoms with Gasteiger partial charge in [0, 0.05) is 19.1 Å². The highest BCUT2D eigenvalue weighted by Crippen LogP contribution is 2.23. The Hall–Kier alpha value is -2.13. The van der Waals surface area contributed by atoms with Crippen LogP contribution in [0.3, 0.4) is 0 Å². The third kappa shape index (κ3) is 4.43. The first kappa shape index (κ1) is 15.3. The molecule has 0 N–H and O–H groups in total. The van der Waals surface area contributed by atoms with Crippen molar-refractivity contribution in [2.75, 3.05) is 13.7 Å². The van der Waals surface area contributed by atoms with Gasteiger partial charge in [0.25, 0.3) is 0 Å². The summed E-state index contributed by atoms with van der Waals surface area (Å²) >= 11 is 0. The van der Waals surface area contributed by atoms with Gasteiger partial charge in [0.2, 0.25) is 0 Å². The van der Waals surface area contributed by atoms with Crippen molar-refractivity contribution in [3.05, 3.63) is 59.7 Å². The molecule has 0 saturated carbocycles. The van der Waals surface area contributed by atoms with E-state index in [1.807, 2.05) is 49.4 Å². The van der Waals surface area contributed by atoms with E-state index in [4.69, 9.17) is 9.47 Å². The summed E-state index contributed by atoms with van der Waals surface area (Å²) in [5, 5.41) is 0. The Kier molecular flexibility index (Phi) is 5.52. The summed E-state index contributed by atoms with van der Waals surface area (Å²) in [6.07, 6.45) is 1.38. The standard InChI is InChI=1S/C18H20O3/c1-3-18(19)15-5-4-6-17(13-15)21-16-9-7-14(8-10-16)11-12-20-2/h4-10,13H,3,11-12H2,1-2H3. The summed E-state index contributed by atoms with van der Waals surface area (Å²) in [4.78, 5) is 11.7. The first-order valence-electron chi connectivity index (χ1n) is 7.12. The number of methoxy groups -OCH3 is 1. The van der Waals surface area contributed by atoms with E-state index in [2.05, 4.69) is 0 Å². The number of hydrogen-bond donors (Lipinski definition) is 0. The van der Waals surface area contributed by atoms with Gasteiger partial charge in [0.15, 0.2) is 5.78 Å². The maximum Gasteiger partial charge on any atom is 0.162 e. The number of ether oxygens (including phenoxy) is 2. The maximum absolute atomic E-state index is 11.7. The normalized spacial score (nSPS) is 10.4. The van der Waals surface area contributed by atoms with Crippen LogP contribution in [0, 0.1) is 0 Å². The zero-order valence-corrected chi connectivity index (χ0v) is 12.5. The van der Waals surface area contributed by atoms with Crippen molar-refractivity contribution in [1.82, 2.24) is 0 Å². The van der Waals surface area contributed by atoms with Gasteiger partial charge < -0.3 is 9.47 Å². The first-order chi connectivity index (χ1) is 10.2. The van der Waals surface area contributed by atoms with Crippen molar-refractivity contribution < 1.29 is 14.3 Å². The lowest BCUT2D eigenvalue weighted by Crippen LogP contribution is -1.97. The molecule has 2 aromatic rings. The van der Waals surface area contributed by atoms with E-state index in [-0.39, 0.29) is 5.78 Å². The van der Waals surface area contributed by atoms with Gasteiger partial charge in [-0.2, -0.15) is 0 Å². The Morgan fingerprint density at radius 2 is 1.81 bits per heavy atom. The van der Waals surface area contributed by atoms with Gasteiger partial charge in [0.05, 0.1) is 6.61 Å². The topological polar surface area (TPSA) is 35.5 Å². The summed E-state index contributed by atoms with van der Waals surface area (Å²) in [6, 6.07) is 15.2. The molecule has 0 aliphatic carbocycles. The first-order valence-corrected chi connectivity index (χ1v) is 7.12. The zero-order valence-electron chi connectivity index (χ0n) is 12.5. The number of rotatable bonds is 7.